The second kappa shape index (κ2) is 5.52. The summed E-state index contributed by atoms with van der Waals surface area (Å²) in [6, 6.07) is 9.35. The Morgan fingerprint density at radius 2 is 1.88 bits per heavy atom. The number of nitrogens with zero attached hydrogens (tertiary/aromatic N) is 1. The summed E-state index contributed by atoms with van der Waals surface area (Å²) in [6.45, 7) is 1.19. The fourth-order valence-electron chi connectivity index (χ4n) is 2.01. The number of hydrogen-bond acceptors (Lipinski definition) is 2. The molecule has 1 heterocycles. The van der Waals surface area contributed by atoms with Crippen LogP contribution < -0.4 is 0 Å². The number of rotatable bonds is 2. The van der Waals surface area contributed by atoms with E-state index in [-0.39, 0.29) is 12.0 Å². The number of carbonyl (C=O) groups excluding carboxylic acids is 1. The summed E-state index contributed by atoms with van der Waals surface area (Å²) in [6.07, 6.45) is 1.01. The van der Waals surface area contributed by atoms with Crippen LogP contribution in [-0.4, -0.2) is 35.1 Å². The molecule has 1 aliphatic heterocycles. The van der Waals surface area contributed by atoms with Gasteiger partial charge in [0.1, 0.15) is 5.38 Å². The molecule has 1 saturated heterocycles. The smallest absolute Gasteiger partial charge is 0.245 e. The van der Waals surface area contributed by atoms with Crippen LogP contribution in [0.5, 0.6) is 0 Å². The van der Waals surface area contributed by atoms with Crippen LogP contribution >= 0.6 is 11.6 Å². The van der Waals surface area contributed by atoms with E-state index in [1.807, 2.05) is 30.3 Å². The molecule has 0 spiro atoms. The van der Waals surface area contributed by atoms with E-state index >= 15 is 0 Å². The minimum atomic E-state index is -0.619. The summed E-state index contributed by atoms with van der Waals surface area (Å²) in [4.78, 5) is 13.9. The highest BCUT2D eigenvalue weighted by Gasteiger charge is 2.27. The topological polar surface area (TPSA) is 40.5 Å². The molecule has 0 radical (unpaired) electrons. The van der Waals surface area contributed by atoms with E-state index in [9.17, 15) is 9.90 Å². The number of hydrogen-bond donors (Lipinski definition) is 1. The second-order valence-electron chi connectivity index (χ2n) is 4.33. The minimum absolute atomic E-state index is 0.0650. The average Bonchev–Trinajstić information content (AvgIpc) is 2.39. The number of piperidine rings is 1. The normalized spacial score (nSPS) is 19.1. The van der Waals surface area contributed by atoms with Gasteiger partial charge in [-0.15, -0.1) is 11.6 Å². The number of alkyl halides is 1. The van der Waals surface area contributed by atoms with E-state index in [2.05, 4.69) is 0 Å². The number of halogens is 1. The predicted octanol–water partition coefficient (Wildman–Crippen LogP) is 1.95. The summed E-state index contributed by atoms with van der Waals surface area (Å²) < 4.78 is 0. The molecule has 1 aromatic carbocycles. The van der Waals surface area contributed by atoms with Crippen molar-refractivity contribution in [2.24, 2.45) is 0 Å². The van der Waals surface area contributed by atoms with E-state index in [4.69, 9.17) is 11.6 Å². The Balaban J connectivity index is 2.00. The van der Waals surface area contributed by atoms with Gasteiger partial charge in [0.25, 0.3) is 0 Å². The second-order valence-corrected chi connectivity index (χ2v) is 4.77. The molecule has 2 rings (SSSR count). The third kappa shape index (κ3) is 2.99. The van der Waals surface area contributed by atoms with Gasteiger partial charge >= 0.3 is 0 Å². The average molecular weight is 254 g/mol. The molecule has 1 aromatic rings. The highest BCUT2D eigenvalue weighted by molar-refractivity contribution is 6.30. The Morgan fingerprint density at radius 3 is 2.47 bits per heavy atom. The van der Waals surface area contributed by atoms with Crippen molar-refractivity contribution in [1.82, 2.24) is 4.90 Å². The molecule has 0 saturated carbocycles. The Bertz CT molecular complexity index is 374. The Kier molecular flexibility index (Phi) is 4.02. The number of likely N-dealkylation sites (tertiary alicyclic amines) is 1. The zero-order valence-corrected chi connectivity index (χ0v) is 10.3. The molecule has 1 fully saturated rings. The van der Waals surface area contributed by atoms with Crippen LogP contribution in [0.15, 0.2) is 30.3 Å². The predicted molar refractivity (Wildman–Crippen MR) is 66.9 cm³/mol. The number of aliphatic hydroxyl groups is 1. The zero-order chi connectivity index (χ0) is 12.3. The molecule has 17 heavy (non-hydrogen) atoms. The van der Waals surface area contributed by atoms with Crippen LogP contribution in [0.25, 0.3) is 0 Å². The lowest BCUT2D eigenvalue weighted by molar-refractivity contribution is -0.132. The highest BCUT2D eigenvalue weighted by atomic mass is 35.5. The molecular formula is C13H16ClNO2. The van der Waals surface area contributed by atoms with Crippen LogP contribution in [0.4, 0.5) is 0 Å². The molecular weight excluding hydrogens is 238 g/mol. The standard InChI is InChI=1S/C13H16ClNO2/c14-12(10-4-2-1-3-5-10)13(17)15-8-6-11(16)7-9-15/h1-5,11-12,16H,6-9H2. The molecule has 3 nitrogen and oxygen atoms in total. The van der Waals surface area contributed by atoms with Crippen LogP contribution in [0, 0.1) is 0 Å². The van der Waals surface area contributed by atoms with Crippen molar-refractivity contribution < 1.29 is 9.90 Å². The fraction of sp³-hybridized carbons (Fsp3) is 0.462. The Labute approximate surface area is 106 Å². The van der Waals surface area contributed by atoms with Gasteiger partial charge < -0.3 is 10.0 Å². The Morgan fingerprint density at radius 1 is 1.29 bits per heavy atom. The van der Waals surface area contributed by atoms with Crippen molar-refractivity contribution >= 4 is 17.5 Å². The van der Waals surface area contributed by atoms with Gasteiger partial charge in [-0.3, -0.25) is 4.79 Å². The van der Waals surface area contributed by atoms with Crippen molar-refractivity contribution in [1.29, 1.82) is 0 Å². The molecule has 0 aromatic heterocycles. The van der Waals surface area contributed by atoms with Crippen molar-refractivity contribution in [3.8, 4) is 0 Å². The van der Waals surface area contributed by atoms with Gasteiger partial charge in [0.15, 0.2) is 0 Å². The van der Waals surface area contributed by atoms with E-state index in [0.717, 1.165) is 5.56 Å². The first-order chi connectivity index (χ1) is 8.18. The maximum absolute atomic E-state index is 12.1. The number of carbonyl (C=O) groups is 1. The van der Waals surface area contributed by atoms with Gasteiger partial charge in [-0.1, -0.05) is 30.3 Å². The van der Waals surface area contributed by atoms with Gasteiger partial charge in [-0.2, -0.15) is 0 Å². The van der Waals surface area contributed by atoms with Gasteiger partial charge in [0, 0.05) is 13.1 Å². The molecule has 0 aliphatic carbocycles. The summed E-state index contributed by atoms with van der Waals surface area (Å²) in [5.41, 5.74) is 0.824. The molecule has 1 amide bonds. The zero-order valence-electron chi connectivity index (χ0n) is 9.55. The van der Waals surface area contributed by atoms with E-state index in [0.29, 0.717) is 25.9 Å². The molecule has 1 atom stereocenters. The molecule has 4 heteroatoms. The van der Waals surface area contributed by atoms with Gasteiger partial charge in [-0.25, -0.2) is 0 Å². The molecule has 1 N–H and O–H groups in total. The van der Waals surface area contributed by atoms with E-state index < -0.39 is 5.38 Å². The van der Waals surface area contributed by atoms with Crippen LogP contribution in [0.3, 0.4) is 0 Å². The van der Waals surface area contributed by atoms with Gasteiger partial charge in [-0.05, 0) is 18.4 Å². The maximum atomic E-state index is 12.1. The molecule has 92 valence electrons. The van der Waals surface area contributed by atoms with Crippen molar-refractivity contribution in [2.75, 3.05) is 13.1 Å². The molecule has 1 aliphatic rings. The van der Waals surface area contributed by atoms with Crippen molar-refractivity contribution in [2.45, 2.75) is 24.3 Å². The minimum Gasteiger partial charge on any atom is -0.393 e. The van der Waals surface area contributed by atoms with Crippen molar-refractivity contribution in [3.05, 3.63) is 35.9 Å². The quantitative estimate of drug-likeness (QED) is 0.819. The number of aliphatic hydroxyl groups excluding tert-OH is 1. The summed E-state index contributed by atoms with van der Waals surface area (Å²) in [5.74, 6) is -0.0650. The lowest BCUT2D eigenvalue weighted by atomic mass is 10.1. The fourth-order valence-corrected chi connectivity index (χ4v) is 2.29. The summed E-state index contributed by atoms with van der Waals surface area (Å²) in [5, 5.41) is 8.77. The first-order valence-corrected chi connectivity index (χ1v) is 6.28. The first-order valence-electron chi connectivity index (χ1n) is 5.84. The SMILES string of the molecule is O=C(C(Cl)c1ccccc1)N1CCC(O)CC1. The third-order valence-electron chi connectivity index (χ3n) is 3.09. The van der Waals surface area contributed by atoms with Gasteiger partial charge in [0.2, 0.25) is 5.91 Å². The van der Waals surface area contributed by atoms with E-state index in [1.165, 1.54) is 0 Å². The van der Waals surface area contributed by atoms with Crippen LogP contribution in [0.1, 0.15) is 23.8 Å². The lowest BCUT2D eigenvalue weighted by Crippen LogP contribution is -2.41. The van der Waals surface area contributed by atoms with Gasteiger partial charge in [0.05, 0.1) is 6.10 Å². The first kappa shape index (κ1) is 12.4. The number of benzene rings is 1. The van der Waals surface area contributed by atoms with E-state index in [1.54, 1.807) is 4.90 Å². The van der Waals surface area contributed by atoms with Crippen LogP contribution in [0.2, 0.25) is 0 Å². The number of amides is 1. The summed E-state index contributed by atoms with van der Waals surface area (Å²) >= 11 is 6.17. The lowest BCUT2D eigenvalue weighted by Gasteiger charge is -2.31. The summed E-state index contributed by atoms with van der Waals surface area (Å²) in [7, 11) is 0. The molecule has 0 bridgehead atoms. The van der Waals surface area contributed by atoms with Crippen LogP contribution in [-0.2, 0) is 4.79 Å². The highest BCUT2D eigenvalue weighted by Crippen LogP contribution is 2.24. The van der Waals surface area contributed by atoms with Crippen molar-refractivity contribution in [3.63, 3.8) is 0 Å². The monoisotopic (exact) mass is 253 g/mol. The largest absolute Gasteiger partial charge is 0.393 e. The maximum Gasteiger partial charge on any atom is 0.245 e. The molecule has 1 unspecified atom stereocenters. The Hall–Kier alpha value is -1.06. The third-order valence-corrected chi connectivity index (χ3v) is 3.52.